The van der Waals surface area contributed by atoms with E-state index < -0.39 is 0 Å². The Morgan fingerprint density at radius 3 is 3.20 bits per heavy atom. The van der Waals surface area contributed by atoms with Crippen molar-refractivity contribution in [2.45, 2.75) is 0 Å². The molecule has 0 bridgehead atoms. The van der Waals surface area contributed by atoms with Crippen molar-refractivity contribution in [1.29, 1.82) is 0 Å². The number of hydroxylamine groups is 1. The minimum atomic E-state index is -0.243. The average Bonchev–Trinajstić information content (AvgIpc) is 2.05. The fourth-order valence-electron chi connectivity index (χ4n) is 0.701. The van der Waals surface area contributed by atoms with E-state index in [4.69, 9.17) is 0 Å². The Kier molecular flexibility index (Phi) is 2.28. The van der Waals surface area contributed by atoms with Crippen LogP contribution in [0.3, 0.4) is 0 Å². The Morgan fingerprint density at radius 2 is 2.70 bits per heavy atom. The molecule has 1 aliphatic heterocycles. The van der Waals surface area contributed by atoms with Crippen molar-refractivity contribution in [1.82, 2.24) is 5.48 Å². The van der Waals surface area contributed by atoms with E-state index in [2.05, 4.69) is 15.1 Å². The van der Waals surface area contributed by atoms with Gasteiger partial charge in [-0.1, -0.05) is 0 Å². The molecule has 0 saturated heterocycles. The molecule has 1 rings (SSSR count). The molecule has 0 aliphatic carbocycles. The zero-order chi connectivity index (χ0) is 7.40. The Bertz CT molecular complexity index is 155. The first-order chi connectivity index (χ1) is 4.84. The predicted molar refractivity (Wildman–Crippen MR) is 33.7 cm³/mol. The van der Waals surface area contributed by atoms with Crippen LogP contribution < -0.4 is 5.48 Å². The summed E-state index contributed by atoms with van der Waals surface area (Å²) < 4.78 is 4.50. The number of hydrogen-bond acceptors (Lipinski definition) is 4. The van der Waals surface area contributed by atoms with Gasteiger partial charge in [0, 0.05) is 6.54 Å². The minimum absolute atomic E-state index is 0.209. The van der Waals surface area contributed by atoms with E-state index in [0.29, 0.717) is 6.54 Å². The number of carbonyl (C=O) groups excluding carboxylic acids is 1. The second-order valence-electron chi connectivity index (χ2n) is 1.92. The molecule has 56 valence electrons. The van der Waals surface area contributed by atoms with Crippen LogP contribution in [0.15, 0.2) is 12.3 Å². The van der Waals surface area contributed by atoms with Crippen molar-refractivity contribution >= 4 is 5.97 Å². The van der Waals surface area contributed by atoms with Crippen LogP contribution in [0.4, 0.5) is 0 Å². The summed E-state index contributed by atoms with van der Waals surface area (Å²) in [6.45, 7) is 0.475. The minimum Gasteiger partial charge on any atom is -0.469 e. The SMILES string of the molecule is COC(=O)C1C=CONC1. The number of esters is 1. The maximum atomic E-state index is 10.8. The lowest BCUT2D eigenvalue weighted by atomic mass is 10.1. The first kappa shape index (κ1) is 7.08. The molecule has 4 heteroatoms. The van der Waals surface area contributed by atoms with Gasteiger partial charge in [-0.25, -0.2) is 0 Å². The largest absolute Gasteiger partial charge is 0.469 e. The van der Waals surface area contributed by atoms with E-state index in [1.807, 2.05) is 0 Å². The van der Waals surface area contributed by atoms with Gasteiger partial charge < -0.3 is 9.57 Å². The van der Waals surface area contributed by atoms with Gasteiger partial charge in [0.2, 0.25) is 0 Å². The van der Waals surface area contributed by atoms with E-state index in [1.165, 1.54) is 13.4 Å². The summed E-state index contributed by atoms with van der Waals surface area (Å²) in [6, 6.07) is 0. The van der Waals surface area contributed by atoms with Gasteiger partial charge in [0.15, 0.2) is 0 Å². The van der Waals surface area contributed by atoms with Gasteiger partial charge in [0.25, 0.3) is 0 Å². The Labute approximate surface area is 58.8 Å². The molecule has 0 aromatic rings. The number of rotatable bonds is 1. The van der Waals surface area contributed by atoms with Gasteiger partial charge in [0.1, 0.15) is 6.26 Å². The van der Waals surface area contributed by atoms with Crippen molar-refractivity contribution in [2.75, 3.05) is 13.7 Å². The normalized spacial score (nSPS) is 23.5. The maximum Gasteiger partial charge on any atom is 0.314 e. The number of ether oxygens (including phenoxy) is 1. The van der Waals surface area contributed by atoms with Crippen molar-refractivity contribution in [2.24, 2.45) is 5.92 Å². The lowest BCUT2D eigenvalue weighted by molar-refractivity contribution is -0.144. The summed E-state index contributed by atoms with van der Waals surface area (Å²) in [7, 11) is 1.37. The van der Waals surface area contributed by atoms with Gasteiger partial charge in [-0.15, -0.1) is 0 Å². The topological polar surface area (TPSA) is 47.6 Å². The van der Waals surface area contributed by atoms with Crippen molar-refractivity contribution in [3.05, 3.63) is 12.3 Å². The zero-order valence-electron chi connectivity index (χ0n) is 5.66. The maximum absolute atomic E-state index is 10.8. The number of hydrogen-bond donors (Lipinski definition) is 1. The first-order valence-electron chi connectivity index (χ1n) is 2.97. The van der Waals surface area contributed by atoms with Crippen LogP contribution in [0.1, 0.15) is 0 Å². The summed E-state index contributed by atoms with van der Waals surface area (Å²) in [5.41, 5.74) is 2.56. The first-order valence-corrected chi connectivity index (χ1v) is 2.97. The predicted octanol–water partition coefficient (Wildman–Crippen LogP) is -0.176. The molecule has 1 heterocycles. The Hall–Kier alpha value is -1.03. The molecular weight excluding hydrogens is 134 g/mol. The van der Waals surface area contributed by atoms with Crippen LogP contribution in [0.25, 0.3) is 0 Å². The van der Waals surface area contributed by atoms with Crippen molar-refractivity contribution in [3.63, 3.8) is 0 Å². The van der Waals surface area contributed by atoms with E-state index in [1.54, 1.807) is 6.08 Å². The monoisotopic (exact) mass is 143 g/mol. The highest BCUT2D eigenvalue weighted by Crippen LogP contribution is 2.03. The van der Waals surface area contributed by atoms with Crippen LogP contribution >= 0.6 is 0 Å². The lowest BCUT2D eigenvalue weighted by Crippen LogP contribution is -2.30. The third-order valence-electron chi connectivity index (χ3n) is 1.27. The third kappa shape index (κ3) is 1.48. The zero-order valence-corrected chi connectivity index (χ0v) is 5.66. The summed E-state index contributed by atoms with van der Waals surface area (Å²) in [5, 5.41) is 0. The second kappa shape index (κ2) is 3.22. The van der Waals surface area contributed by atoms with Gasteiger partial charge in [-0.3, -0.25) is 4.79 Å². The highest BCUT2D eigenvalue weighted by Gasteiger charge is 2.17. The highest BCUT2D eigenvalue weighted by molar-refractivity contribution is 5.74. The standard InChI is InChI=1S/C6H9NO3/c1-9-6(8)5-2-3-10-7-4-5/h2-3,5,7H,4H2,1H3. The fourth-order valence-corrected chi connectivity index (χ4v) is 0.701. The molecule has 0 amide bonds. The van der Waals surface area contributed by atoms with Gasteiger partial charge in [0.05, 0.1) is 13.0 Å². The quantitative estimate of drug-likeness (QED) is 0.517. The Morgan fingerprint density at radius 1 is 1.90 bits per heavy atom. The fraction of sp³-hybridized carbons (Fsp3) is 0.500. The average molecular weight is 143 g/mol. The van der Waals surface area contributed by atoms with E-state index in [-0.39, 0.29) is 11.9 Å². The van der Waals surface area contributed by atoms with Crippen LogP contribution in [0.2, 0.25) is 0 Å². The van der Waals surface area contributed by atoms with Crippen molar-refractivity contribution < 1.29 is 14.4 Å². The summed E-state index contributed by atoms with van der Waals surface area (Å²) in [4.78, 5) is 15.5. The molecule has 10 heavy (non-hydrogen) atoms. The molecule has 0 aromatic carbocycles. The van der Waals surface area contributed by atoms with E-state index in [9.17, 15) is 4.79 Å². The second-order valence-corrected chi connectivity index (χ2v) is 1.92. The van der Waals surface area contributed by atoms with E-state index >= 15 is 0 Å². The number of nitrogens with one attached hydrogen (secondary N) is 1. The highest BCUT2D eigenvalue weighted by atomic mass is 16.6. The molecule has 1 aliphatic rings. The van der Waals surface area contributed by atoms with Crippen LogP contribution in [-0.4, -0.2) is 19.6 Å². The summed E-state index contributed by atoms with van der Waals surface area (Å²) in [5.74, 6) is -0.453. The van der Waals surface area contributed by atoms with Gasteiger partial charge in [-0.05, 0) is 6.08 Å². The molecule has 1 N–H and O–H groups in total. The lowest BCUT2D eigenvalue weighted by Gasteiger charge is -2.14. The third-order valence-corrected chi connectivity index (χ3v) is 1.27. The summed E-state index contributed by atoms with van der Waals surface area (Å²) in [6.07, 6.45) is 3.09. The van der Waals surface area contributed by atoms with Crippen LogP contribution in [0.5, 0.6) is 0 Å². The molecule has 1 atom stereocenters. The van der Waals surface area contributed by atoms with Crippen LogP contribution in [0, 0.1) is 5.92 Å². The molecular formula is C6H9NO3. The van der Waals surface area contributed by atoms with E-state index in [0.717, 1.165) is 0 Å². The number of methoxy groups -OCH3 is 1. The smallest absolute Gasteiger partial charge is 0.314 e. The molecule has 0 radical (unpaired) electrons. The Balaban J connectivity index is 2.46. The number of carbonyl (C=O) groups is 1. The van der Waals surface area contributed by atoms with Crippen molar-refractivity contribution in [3.8, 4) is 0 Å². The molecule has 0 spiro atoms. The molecule has 4 nitrogen and oxygen atoms in total. The molecule has 1 unspecified atom stereocenters. The van der Waals surface area contributed by atoms with Gasteiger partial charge >= 0.3 is 5.97 Å². The molecule has 0 aromatic heterocycles. The van der Waals surface area contributed by atoms with Crippen LogP contribution in [-0.2, 0) is 14.4 Å². The molecule has 0 saturated carbocycles. The molecule has 0 fully saturated rings. The summed E-state index contributed by atoms with van der Waals surface area (Å²) >= 11 is 0. The van der Waals surface area contributed by atoms with Gasteiger partial charge in [-0.2, -0.15) is 5.48 Å².